The first-order chi connectivity index (χ1) is 9.08. The Balaban J connectivity index is 1.98. The van der Waals surface area contributed by atoms with Crippen molar-refractivity contribution in [3.05, 3.63) is 51.5 Å². The van der Waals surface area contributed by atoms with Crippen LogP contribution in [0.25, 0.3) is 0 Å². The van der Waals surface area contributed by atoms with E-state index in [2.05, 4.69) is 5.32 Å². The number of hydrogen-bond acceptors (Lipinski definition) is 3. The van der Waals surface area contributed by atoms with Gasteiger partial charge in [0.25, 0.3) is 0 Å². The summed E-state index contributed by atoms with van der Waals surface area (Å²) in [5.74, 6) is 0.445. The zero-order chi connectivity index (χ0) is 13.8. The van der Waals surface area contributed by atoms with Crippen LogP contribution in [0.4, 0.5) is 11.4 Å². The van der Waals surface area contributed by atoms with Gasteiger partial charge in [0.05, 0.1) is 20.8 Å². The molecule has 0 aliphatic rings. The quantitative estimate of drug-likeness (QED) is 0.636. The van der Waals surface area contributed by atoms with Gasteiger partial charge < -0.3 is 15.8 Å². The monoisotopic (exact) mass is 316 g/mol. The number of nitrogen functional groups attached to an aromatic ring is 1. The van der Waals surface area contributed by atoms with Gasteiger partial charge >= 0.3 is 0 Å². The summed E-state index contributed by atoms with van der Waals surface area (Å²) >= 11 is 17.8. The minimum atomic E-state index is 0.213. The second kappa shape index (κ2) is 6.24. The second-order valence-corrected chi connectivity index (χ2v) is 4.97. The number of halogens is 3. The van der Waals surface area contributed by atoms with Gasteiger partial charge in [0.15, 0.2) is 12.5 Å². The maximum Gasteiger partial charge on any atom is 0.159 e. The molecule has 0 saturated heterocycles. The first-order valence-corrected chi connectivity index (χ1v) is 6.57. The molecule has 0 saturated carbocycles. The van der Waals surface area contributed by atoms with Crippen molar-refractivity contribution < 1.29 is 4.74 Å². The van der Waals surface area contributed by atoms with Crippen LogP contribution in [0.1, 0.15) is 0 Å². The molecule has 0 radical (unpaired) electrons. The maximum absolute atomic E-state index is 5.98. The number of hydrogen-bond donors (Lipinski definition) is 2. The molecule has 3 N–H and O–H groups in total. The molecule has 0 unspecified atom stereocenters. The molecule has 0 amide bonds. The van der Waals surface area contributed by atoms with Crippen molar-refractivity contribution in [3.8, 4) is 5.75 Å². The van der Waals surface area contributed by atoms with Crippen molar-refractivity contribution in [2.45, 2.75) is 0 Å². The Kier molecular flexibility index (Phi) is 4.64. The first-order valence-electron chi connectivity index (χ1n) is 5.43. The van der Waals surface area contributed by atoms with Crippen LogP contribution in [-0.2, 0) is 0 Å². The van der Waals surface area contributed by atoms with Gasteiger partial charge in [-0.15, -0.1) is 0 Å². The lowest BCUT2D eigenvalue weighted by molar-refractivity contribution is 0.347. The van der Waals surface area contributed by atoms with Gasteiger partial charge in [-0.1, -0.05) is 40.9 Å². The van der Waals surface area contributed by atoms with Crippen molar-refractivity contribution in [1.29, 1.82) is 0 Å². The highest BCUT2D eigenvalue weighted by molar-refractivity contribution is 6.37. The average Bonchev–Trinajstić information content (AvgIpc) is 2.37. The van der Waals surface area contributed by atoms with E-state index in [0.717, 1.165) is 5.69 Å². The van der Waals surface area contributed by atoms with E-state index in [9.17, 15) is 0 Å². The Hall–Kier alpha value is -1.29. The first kappa shape index (κ1) is 14.1. The largest absolute Gasteiger partial charge is 0.470 e. The highest BCUT2D eigenvalue weighted by Crippen LogP contribution is 2.32. The third kappa shape index (κ3) is 3.60. The molecule has 0 aliphatic heterocycles. The van der Waals surface area contributed by atoms with E-state index in [1.807, 2.05) is 0 Å². The SMILES string of the molecule is Nc1cc(NCOc2c(Cl)cccc2Cl)ccc1Cl. The standard InChI is InChI=1S/C13H11Cl3N2O/c14-9-5-4-8(6-12(9)17)18-7-19-13-10(15)2-1-3-11(13)16/h1-6,18H,7,17H2. The van der Waals surface area contributed by atoms with Crippen molar-refractivity contribution in [2.24, 2.45) is 0 Å². The molecule has 2 aromatic rings. The van der Waals surface area contributed by atoms with E-state index >= 15 is 0 Å². The number of anilines is 2. The Morgan fingerprint density at radius 1 is 1.00 bits per heavy atom. The van der Waals surface area contributed by atoms with Crippen LogP contribution in [-0.4, -0.2) is 6.73 Å². The van der Waals surface area contributed by atoms with Crippen molar-refractivity contribution in [2.75, 3.05) is 17.8 Å². The fourth-order valence-electron chi connectivity index (χ4n) is 1.47. The topological polar surface area (TPSA) is 47.3 Å². The molecular weight excluding hydrogens is 307 g/mol. The molecule has 0 aromatic heterocycles. The van der Waals surface area contributed by atoms with Crippen LogP contribution in [0, 0.1) is 0 Å². The Labute approximate surface area is 126 Å². The zero-order valence-electron chi connectivity index (χ0n) is 9.79. The van der Waals surface area contributed by atoms with E-state index in [0.29, 0.717) is 26.5 Å². The average molecular weight is 318 g/mol. The van der Waals surface area contributed by atoms with Crippen molar-refractivity contribution >= 4 is 46.2 Å². The minimum Gasteiger partial charge on any atom is -0.470 e. The summed E-state index contributed by atoms with van der Waals surface area (Å²) in [5, 5.41) is 4.48. The summed E-state index contributed by atoms with van der Waals surface area (Å²) < 4.78 is 5.49. The summed E-state index contributed by atoms with van der Waals surface area (Å²) in [6.07, 6.45) is 0. The molecule has 2 aromatic carbocycles. The van der Waals surface area contributed by atoms with Crippen LogP contribution in [0.2, 0.25) is 15.1 Å². The summed E-state index contributed by atoms with van der Waals surface area (Å²) in [7, 11) is 0. The van der Waals surface area contributed by atoms with Crippen molar-refractivity contribution in [3.63, 3.8) is 0 Å². The molecule has 3 nitrogen and oxygen atoms in total. The smallest absolute Gasteiger partial charge is 0.159 e. The fraction of sp³-hybridized carbons (Fsp3) is 0.0769. The number of ether oxygens (including phenoxy) is 1. The minimum absolute atomic E-state index is 0.213. The van der Waals surface area contributed by atoms with Crippen LogP contribution in [0.5, 0.6) is 5.75 Å². The number of para-hydroxylation sites is 1. The molecule has 6 heteroatoms. The summed E-state index contributed by atoms with van der Waals surface area (Å²) in [6, 6.07) is 10.4. The zero-order valence-corrected chi connectivity index (χ0v) is 12.1. The van der Waals surface area contributed by atoms with Gasteiger partial charge in [0.2, 0.25) is 0 Å². The lowest BCUT2D eigenvalue weighted by Crippen LogP contribution is -2.09. The molecule has 0 atom stereocenters. The van der Waals surface area contributed by atoms with Gasteiger partial charge in [-0.3, -0.25) is 0 Å². The molecule has 0 fully saturated rings. The van der Waals surface area contributed by atoms with Crippen molar-refractivity contribution in [1.82, 2.24) is 0 Å². The van der Waals surface area contributed by atoms with E-state index < -0.39 is 0 Å². The van der Waals surface area contributed by atoms with Gasteiger partial charge in [-0.05, 0) is 30.3 Å². The van der Waals surface area contributed by atoms with Gasteiger partial charge in [0, 0.05) is 5.69 Å². The normalized spacial score (nSPS) is 10.3. The fourth-order valence-corrected chi connectivity index (χ4v) is 2.09. The van der Waals surface area contributed by atoms with Gasteiger partial charge in [-0.25, -0.2) is 0 Å². The lowest BCUT2D eigenvalue weighted by Gasteiger charge is -2.12. The van der Waals surface area contributed by atoms with Gasteiger partial charge in [0.1, 0.15) is 0 Å². The summed E-state index contributed by atoms with van der Waals surface area (Å²) in [4.78, 5) is 0. The number of nitrogens with one attached hydrogen (secondary N) is 1. The predicted octanol–water partition coefficient (Wildman–Crippen LogP) is 4.68. The van der Waals surface area contributed by atoms with Crippen LogP contribution < -0.4 is 15.8 Å². The molecule has 100 valence electrons. The van der Waals surface area contributed by atoms with E-state index in [4.69, 9.17) is 45.3 Å². The molecule has 0 spiro atoms. The van der Waals surface area contributed by atoms with E-state index in [1.165, 1.54) is 0 Å². The number of nitrogens with two attached hydrogens (primary N) is 1. The third-order valence-corrected chi connectivity index (χ3v) is 3.35. The van der Waals surface area contributed by atoms with E-state index in [-0.39, 0.29) is 6.73 Å². The maximum atomic E-state index is 5.98. The number of rotatable bonds is 4. The molecule has 19 heavy (non-hydrogen) atoms. The lowest BCUT2D eigenvalue weighted by atomic mass is 10.3. The second-order valence-electron chi connectivity index (χ2n) is 3.75. The molecular formula is C13H11Cl3N2O. The molecule has 2 rings (SSSR count). The third-order valence-electron chi connectivity index (χ3n) is 2.41. The highest BCUT2D eigenvalue weighted by Gasteiger charge is 2.06. The molecule has 0 heterocycles. The van der Waals surface area contributed by atoms with Crippen LogP contribution in [0.15, 0.2) is 36.4 Å². The van der Waals surface area contributed by atoms with E-state index in [1.54, 1.807) is 36.4 Å². The van der Waals surface area contributed by atoms with Crippen LogP contribution >= 0.6 is 34.8 Å². The molecule has 0 bridgehead atoms. The highest BCUT2D eigenvalue weighted by atomic mass is 35.5. The van der Waals surface area contributed by atoms with Gasteiger partial charge in [-0.2, -0.15) is 0 Å². The number of benzene rings is 2. The molecule has 0 aliphatic carbocycles. The Morgan fingerprint density at radius 3 is 2.32 bits per heavy atom. The predicted molar refractivity (Wildman–Crippen MR) is 81.4 cm³/mol. The van der Waals surface area contributed by atoms with Crippen LogP contribution in [0.3, 0.4) is 0 Å². The Bertz CT molecular complexity index is 570. The summed E-state index contributed by atoms with van der Waals surface area (Å²) in [6.45, 7) is 0.213. The summed E-state index contributed by atoms with van der Waals surface area (Å²) in [5.41, 5.74) is 7.00. The Morgan fingerprint density at radius 2 is 1.68 bits per heavy atom.